The molecule has 0 bridgehead atoms. The fraction of sp³-hybridized carbons (Fsp3) is 0.409. The maximum absolute atomic E-state index is 12.2. The van der Waals surface area contributed by atoms with Crippen molar-refractivity contribution in [1.29, 1.82) is 0 Å². The summed E-state index contributed by atoms with van der Waals surface area (Å²) in [5, 5.41) is 15.3. The molecule has 265 valence electrons. The van der Waals surface area contributed by atoms with Gasteiger partial charge in [-0.2, -0.15) is 12.5 Å². The molecule has 1 radical (unpaired) electrons. The molecule has 0 saturated heterocycles. The minimum absolute atomic E-state index is 0. The third kappa shape index (κ3) is 7.65. The van der Waals surface area contributed by atoms with Crippen LogP contribution in [0.15, 0.2) is 66.6 Å². The van der Waals surface area contributed by atoms with Gasteiger partial charge in [-0.25, -0.2) is 0 Å². The van der Waals surface area contributed by atoms with Crippen LogP contribution in [0.4, 0.5) is 0 Å². The van der Waals surface area contributed by atoms with Gasteiger partial charge in [0.05, 0.1) is 11.9 Å². The maximum Gasteiger partial charge on any atom is 0.164 e. The van der Waals surface area contributed by atoms with E-state index >= 15 is 0 Å². The molecule has 0 fully saturated rings. The van der Waals surface area contributed by atoms with Gasteiger partial charge in [0.25, 0.3) is 0 Å². The molecule has 49 heavy (non-hydrogen) atoms. The van der Waals surface area contributed by atoms with Crippen molar-refractivity contribution in [2.24, 2.45) is 10.8 Å². The zero-order valence-electron chi connectivity index (χ0n) is 31.6. The Bertz CT molecular complexity index is 2000. The number of pyridine rings is 1. The summed E-state index contributed by atoms with van der Waals surface area (Å²) in [4.78, 5) is 12.2. The summed E-state index contributed by atoms with van der Waals surface area (Å²) in [5.74, 6) is 0.286. The topological polar surface area (TPSA) is 41.2 Å². The quantitative estimate of drug-likeness (QED) is 0.0731. The predicted octanol–water partition coefficient (Wildman–Crippen LogP) is 12.5. The Hall–Kier alpha value is -3.11. The molecular formula is C44H56IrNO2S-. The van der Waals surface area contributed by atoms with Crippen LogP contribution in [-0.4, -0.2) is 10.9 Å². The number of rotatable bonds is 8. The van der Waals surface area contributed by atoms with Gasteiger partial charge < -0.3 is 9.67 Å². The number of fused-ring (bicyclic) bond motifs is 4. The summed E-state index contributed by atoms with van der Waals surface area (Å²) < 4.78 is 4.66. The number of carbonyl (C=O) groups is 1. The number of thiophene rings is 1. The van der Waals surface area contributed by atoms with Gasteiger partial charge in [0, 0.05) is 53.5 Å². The third-order valence-corrected chi connectivity index (χ3v) is 12.5. The normalized spacial score (nSPS) is 12.6. The van der Waals surface area contributed by atoms with E-state index in [2.05, 4.69) is 103 Å². The first kappa shape index (κ1) is 40.3. The number of hydrogen-bond acceptors (Lipinski definition) is 3. The standard InChI is InChI=1S/C29H28NS.C15H28O2.Ir/c1-17-12-13-22-23-14-15-30(7)26(28(23)31-27(22)18(17)2)24-16-25(29(4,5)6)21-11-9-8-10-20(21)19(24)3;1-7-14(5,8-2)12(16)11-13(17)15(6,9-3)10-4;/h8-16H,3,7H2,1-2,4-6H3;11,16H,7-10H2,1-6H3;/q-1;;/b;12-11-;. The summed E-state index contributed by atoms with van der Waals surface area (Å²) in [6, 6.07) is 17.7. The molecule has 3 nitrogen and oxygen atoms in total. The molecule has 0 aliphatic heterocycles. The minimum Gasteiger partial charge on any atom is -0.512 e. The Kier molecular flexibility index (Phi) is 12.7. The average molecular weight is 855 g/mol. The van der Waals surface area contributed by atoms with Crippen LogP contribution in [0.25, 0.3) is 42.2 Å². The van der Waals surface area contributed by atoms with Gasteiger partial charge in [0.2, 0.25) is 0 Å². The molecule has 0 aliphatic carbocycles. The number of hydrogen-bond donors (Lipinski definition) is 1. The number of nitrogens with zero attached hydrogens (tertiary/aromatic N) is 1. The summed E-state index contributed by atoms with van der Waals surface area (Å²) in [6.07, 6.45) is 6.84. The Balaban J connectivity index is 0.000000312. The number of benzene rings is 3. The molecule has 1 N–H and O–H groups in total. The molecule has 0 aliphatic rings. The van der Waals surface area contributed by atoms with E-state index in [0.29, 0.717) is 0 Å². The molecule has 2 heterocycles. The molecule has 3 aromatic carbocycles. The summed E-state index contributed by atoms with van der Waals surface area (Å²) in [5.41, 5.74) is 6.85. The van der Waals surface area contributed by atoms with Crippen LogP contribution in [0, 0.1) is 38.6 Å². The number of aliphatic hydroxyl groups is 1. The Labute approximate surface area is 313 Å². The van der Waals surface area contributed by atoms with Crippen LogP contribution in [0.3, 0.4) is 0 Å². The fourth-order valence-electron chi connectivity index (χ4n) is 6.35. The van der Waals surface area contributed by atoms with E-state index < -0.39 is 0 Å². The first-order chi connectivity index (χ1) is 22.5. The molecule has 0 spiro atoms. The smallest absolute Gasteiger partial charge is 0.164 e. The monoisotopic (exact) mass is 855 g/mol. The van der Waals surface area contributed by atoms with Crippen molar-refractivity contribution < 1.29 is 34.6 Å². The first-order valence-corrected chi connectivity index (χ1v) is 18.3. The van der Waals surface area contributed by atoms with Crippen LogP contribution >= 0.6 is 11.3 Å². The van der Waals surface area contributed by atoms with Crippen LogP contribution in [0.2, 0.25) is 0 Å². The predicted molar refractivity (Wildman–Crippen MR) is 209 cm³/mol. The van der Waals surface area contributed by atoms with E-state index in [0.717, 1.165) is 36.9 Å². The molecular weight excluding hydrogens is 799 g/mol. The summed E-state index contributed by atoms with van der Waals surface area (Å²) >= 11 is 1.88. The number of ketones is 1. The number of allylic oxidation sites excluding steroid dienone is 2. The number of aromatic nitrogens is 1. The molecule has 0 unspecified atom stereocenters. The van der Waals surface area contributed by atoms with E-state index in [9.17, 15) is 9.90 Å². The van der Waals surface area contributed by atoms with E-state index in [-0.39, 0.29) is 47.9 Å². The van der Waals surface area contributed by atoms with Gasteiger partial charge >= 0.3 is 0 Å². The van der Waals surface area contributed by atoms with Gasteiger partial charge in [-0.15, -0.1) is 34.4 Å². The van der Waals surface area contributed by atoms with Crippen LogP contribution < -0.4 is 4.57 Å². The van der Waals surface area contributed by atoms with Crippen molar-refractivity contribution in [1.82, 2.24) is 0 Å². The van der Waals surface area contributed by atoms with Crippen molar-refractivity contribution in [3.05, 3.63) is 103 Å². The first-order valence-electron chi connectivity index (χ1n) is 17.5. The van der Waals surface area contributed by atoms with Crippen LogP contribution in [0.5, 0.6) is 0 Å². The Morgan fingerprint density at radius 1 is 0.816 bits per heavy atom. The van der Waals surface area contributed by atoms with Gasteiger partial charge in [-0.05, 0) is 72.9 Å². The minimum atomic E-state index is -0.337. The van der Waals surface area contributed by atoms with Gasteiger partial charge in [0.15, 0.2) is 5.78 Å². The van der Waals surface area contributed by atoms with Crippen molar-refractivity contribution in [2.45, 2.75) is 107 Å². The fourth-order valence-corrected chi connectivity index (χ4v) is 7.77. The van der Waals surface area contributed by atoms with Crippen molar-refractivity contribution >= 4 is 48.1 Å². The summed E-state index contributed by atoms with van der Waals surface area (Å²) in [7, 11) is 4.37. The zero-order chi connectivity index (χ0) is 35.8. The third-order valence-electron chi connectivity index (χ3n) is 11.2. The van der Waals surface area contributed by atoms with Crippen LogP contribution in [-0.2, 0) is 30.3 Å². The number of aliphatic hydroxyl groups excluding tert-OH is 1. The van der Waals surface area contributed by atoms with E-state index in [1.165, 1.54) is 59.3 Å². The second-order valence-electron chi connectivity index (χ2n) is 15.0. The molecule has 2 aromatic heterocycles. The molecule has 5 rings (SSSR count). The van der Waals surface area contributed by atoms with E-state index in [1.807, 2.05) is 57.4 Å². The Morgan fingerprint density at radius 3 is 1.92 bits per heavy atom. The zero-order valence-corrected chi connectivity index (χ0v) is 34.8. The van der Waals surface area contributed by atoms with Crippen molar-refractivity contribution in [3.8, 4) is 11.3 Å². The maximum atomic E-state index is 12.2. The van der Waals surface area contributed by atoms with Gasteiger partial charge in [-0.3, -0.25) is 4.79 Å². The van der Waals surface area contributed by atoms with Crippen molar-refractivity contribution in [2.75, 3.05) is 0 Å². The molecule has 5 heteroatoms. The second-order valence-corrected chi connectivity index (χ2v) is 16.1. The molecule has 0 saturated carbocycles. The molecule has 0 amide bonds. The average Bonchev–Trinajstić information content (AvgIpc) is 3.45. The summed E-state index contributed by atoms with van der Waals surface area (Å²) in [6.45, 7) is 27.9. The van der Waals surface area contributed by atoms with E-state index in [1.54, 1.807) is 0 Å². The van der Waals surface area contributed by atoms with E-state index in [4.69, 9.17) is 0 Å². The Morgan fingerprint density at radius 2 is 1.37 bits per heavy atom. The van der Waals surface area contributed by atoms with Crippen molar-refractivity contribution in [3.63, 3.8) is 0 Å². The largest absolute Gasteiger partial charge is 0.512 e. The number of aryl methyl sites for hydroxylation is 2. The van der Waals surface area contributed by atoms with Gasteiger partial charge in [-0.1, -0.05) is 104 Å². The molecule has 0 atom stereocenters. The second kappa shape index (κ2) is 15.4. The van der Waals surface area contributed by atoms with Gasteiger partial charge in [0.1, 0.15) is 5.76 Å². The number of carbonyl (C=O) groups excluding carboxylic acids is 1. The van der Waals surface area contributed by atoms with Crippen LogP contribution in [0.1, 0.15) is 110 Å². The molecule has 5 aromatic rings. The SMILES string of the molecule is CCC(C)(CC)C(=O)/C=C(\O)C(C)(CC)CC.[CH2-]c1c(-c2c3sc4c(C)c(C)ccc4c3cc[n+]2[CH2-])cc(C(C)(C)C)c2ccccc12.[Ir].